The fraction of sp³-hybridized carbons (Fsp3) is 0.118. The van der Waals surface area contributed by atoms with Crippen LogP contribution in [0.4, 0.5) is 0 Å². The highest BCUT2D eigenvalue weighted by Gasteiger charge is 2.17. The molecular weight excluding hydrogens is 376 g/mol. The SMILES string of the molecule is Cc1oc(-c2cccs2)nc1COC(=O)c1csc(-c2ccsc2)n1. The Morgan fingerprint density at radius 1 is 1.20 bits per heavy atom. The molecule has 0 aromatic carbocycles. The number of rotatable bonds is 5. The summed E-state index contributed by atoms with van der Waals surface area (Å²) in [5.74, 6) is 0.734. The summed E-state index contributed by atoms with van der Waals surface area (Å²) < 4.78 is 11.0. The summed E-state index contributed by atoms with van der Waals surface area (Å²) in [6.45, 7) is 1.87. The number of aromatic nitrogens is 2. The predicted molar refractivity (Wildman–Crippen MR) is 99.1 cm³/mol. The Bertz CT molecular complexity index is 985. The van der Waals surface area contributed by atoms with Crippen molar-refractivity contribution in [2.75, 3.05) is 0 Å². The Labute approximate surface area is 155 Å². The Balaban J connectivity index is 1.44. The van der Waals surface area contributed by atoms with Crippen LogP contribution in [0, 0.1) is 6.92 Å². The normalized spacial score (nSPS) is 10.9. The standard InChI is InChI=1S/C17H12N2O3S3/c1-10-12(18-15(22-10)14-3-2-5-24-14)7-21-17(20)13-9-25-16(19-13)11-4-6-23-8-11/h2-6,8-9H,7H2,1H3. The van der Waals surface area contributed by atoms with Gasteiger partial charge in [-0.15, -0.1) is 22.7 Å². The zero-order chi connectivity index (χ0) is 17.2. The van der Waals surface area contributed by atoms with Crippen LogP contribution in [-0.4, -0.2) is 15.9 Å². The van der Waals surface area contributed by atoms with Gasteiger partial charge in [-0.1, -0.05) is 6.07 Å². The van der Waals surface area contributed by atoms with Gasteiger partial charge in [0.25, 0.3) is 0 Å². The topological polar surface area (TPSA) is 65.2 Å². The molecule has 0 radical (unpaired) electrons. The van der Waals surface area contributed by atoms with E-state index in [4.69, 9.17) is 9.15 Å². The molecule has 0 amide bonds. The Morgan fingerprint density at radius 2 is 2.12 bits per heavy atom. The average Bonchev–Trinajstić information content (AvgIpc) is 3.39. The quantitative estimate of drug-likeness (QED) is 0.437. The van der Waals surface area contributed by atoms with E-state index in [0.29, 0.717) is 23.0 Å². The number of thiophene rings is 2. The summed E-state index contributed by atoms with van der Waals surface area (Å²) in [7, 11) is 0. The Hall–Kier alpha value is -2.29. The maximum absolute atomic E-state index is 12.2. The van der Waals surface area contributed by atoms with E-state index in [1.54, 1.807) is 28.1 Å². The van der Waals surface area contributed by atoms with Crippen LogP contribution in [0.5, 0.6) is 0 Å². The van der Waals surface area contributed by atoms with Crippen molar-refractivity contribution < 1.29 is 13.9 Å². The van der Waals surface area contributed by atoms with Crippen LogP contribution in [0.3, 0.4) is 0 Å². The summed E-state index contributed by atoms with van der Waals surface area (Å²) in [5.41, 5.74) is 1.94. The van der Waals surface area contributed by atoms with Gasteiger partial charge in [-0.25, -0.2) is 14.8 Å². The van der Waals surface area contributed by atoms with Gasteiger partial charge < -0.3 is 9.15 Å². The predicted octanol–water partition coefficient (Wildman–Crippen LogP) is 5.25. The summed E-state index contributed by atoms with van der Waals surface area (Å²) in [4.78, 5) is 21.9. The van der Waals surface area contributed by atoms with Crippen LogP contribution >= 0.6 is 34.0 Å². The molecule has 4 rings (SSSR count). The van der Waals surface area contributed by atoms with Gasteiger partial charge in [-0.2, -0.15) is 11.3 Å². The van der Waals surface area contributed by atoms with Crippen molar-refractivity contribution in [1.29, 1.82) is 0 Å². The molecule has 4 heterocycles. The van der Waals surface area contributed by atoms with Gasteiger partial charge in [0.05, 0.1) is 4.88 Å². The second kappa shape index (κ2) is 6.91. The van der Waals surface area contributed by atoms with Gasteiger partial charge >= 0.3 is 5.97 Å². The van der Waals surface area contributed by atoms with E-state index in [1.807, 2.05) is 41.3 Å². The van der Waals surface area contributed by atoms with E-state index < -0.39 is 5.97 Å². The van der Waals surface area contributed by atoms with Crippen molar-refractivity contribution in [3.8, 4) is 21.3 Å². The molecule has 126 valence electrons. The lowest BCUT2D eigenvalue weighted by Gasteiger charge is -2.00. The molecule has 0 unspecified atom stereocenters. The average molecular weight is 388 g/mol. The molecule has 0 fully saturated rings. The van der Waals surface area contributed by atoms with Gasteiger partial charge in [-0.05, 0) is 29.8 Å². The van der Waals surface area contributed by atoms with E-state index in [0.717, 1.165) is 15.4 Å². The van der Waals surface area contributed by atoms with Crippen molar-refractivity contribution in [1.82, 2.24) is 9.97 Å². The van der Waals surface area contributed by atoms with E-state index in [9.17, 15) is 4.79 Å². The van der Waals surface area contributed by atoms with Crippen molar-refractivity contribution in [2.45, 2.75) is 13.5 Å². The van der Waals surface area contributed by atoms with Crippen LogP contribution in [0.2, 0.25) is 0 Å². The fourth-order valence-electron chi connectivity index (χ4n) is 2.16. The molecule has 0 bridgehead atoms. The fourth-order valence-corrected chi connectivity index (χ4v) is 4.31. The number of aryl methyl sites for hydroxylation is 1. The van der Waals surface area contributed by atoms with Crippen LogP contribution in [-0.2, 0) is 11.3 Å². The summed E-state index contributed by atoms with van der Waals surface area (Å²) in [6, 6.07) is 5.85. The molecule has 0 saturated heterocycles. The lowest BCUT2D eigenvalue weighted by Crippen LogP contribution is -2.06. The van der Waals surface area contributed by atoms with E-state index in [1.165, 1.54) is 11.3 Å². The minimum Gasteiger partial charge on any atom is -0.454 e. The second-order valence-corrected chi connectivity index (χ2v) is 7.71. The van der Waals surface area contributed by atoms with Gasteiger partial charge in [0, 0.05) is 16.3 Å². The third-order valence-corrected chi connectivity index (χ3v) is 5.88. The lowest BCUT2D eigenvalue weighted by molar-refractivity contribution is 0.0461. The number of ether oxygens (including phenoxy) is 1. The molecule has 0 aliphatic heterocycles. The third-order valence-electron chi connectivity index (χ3n) is 3.45. The van der Waals surface area contributed by atoms with Crippen LogP contribution in [0.1, 0.15) is 21.9 Å². The number of thiazole rings is 1. The van der Waals surface area contributed by atoms with Crippen molar-refractivity contribution in [2.24, 2.45) is 0 Å². The number of oxazole rings is 1. The molecule has 0 saturated carbocycles. The lowest BCUT2D eigenvalue weighted by atomic mass is 10.3. The number of esters is 1. The Morgan fingerprint density at radius 3 is 2.88 bits per heavy atom. The highest BCUT2D eigenvalue weighted by molar-refractivity contribution is 7.14. The largest absolute Gasteiger partial charge is 0.454 e. The smallest absolute Gasteiger partial charge is 0.358 e. The molecule has 0 N–H and O–H groups in total. The number of carbonyl (C=O) groups excluding carboxylic acids is 1. The third kappa shape index (κ3) is 3.41. The first-order valence-electron chi connectivity index (χ1n) is 7.36. The highest BCUT2D eigenvalue weighted by Crippen LogP contribution is 2.27. The second-order valence-electron chi connectivity index (χ2n) is 5.13. The van der Waals surface area contributed by atoms with Crippen LogP contribution in [0.15, 0.2) is 44.1 Å². The van der Waals surface area contributed by atoms with Crippen molar-refractivity contribution in [3.05, 3.63) is 56.9 Å². The Kier molecular flexibility index (Phi) is 4.48. The monoisotopic (exact) mass is 388 g/mol. The molecule has 4 aromatic rings. The zero-order valence-electron chi connectivity index (χ0n) is 13.1. The van der Waals surface area contributed by atoms with Crippen LogP contribution in [0.25, 0.3) is 21.3 Å². The zero-order valence-corrected chi connectivity index (χ0v) is 15.5. The van der Waals surface area contributed by atoms with E-state index in [-0.39, 0.29) is 6.61 Å². The maximum Gasteiger partial charge on any atom is 0.358 e. The molecular formula is C17H12N2O3S3. The minimum atomic E-state index is -0.460. The molecule has 0 spiro atoms. The molecule has 0 aliphatic rings. The summed E-state index contributed by atoms with van der Waals surface area (Å²) in [6.07, 6.45) is 0. The minimum absolute atomic E-state index is 0.0604. The number of hydrogen-bond donors (Lipinski definition) is 0. The van der Waals surface area contributed by atoms with Crippen LogP contribution < -0.4 is 0 Å². The van der Waals surface area contributed by atoms with Gasteiger partial charge in [0.15, 0.2) is 5.69 Å². The maximum atomic E-state index is 12.2. The van der Waals surface area contributed by atoms with Gasteiger partial charge in [0.1, 0.15) is 23.1 Å². The molecule has 5 nitrogen and oxygen atoms in total. The highest BCUT2D eigenvalue weighted by atomic mass is 32.1. The first-order chi connectivity index (χ1) is 12.2. The van der Waals surface area contributed by atoms with E-state index >= 15 is 0 Å². The van der Waals surface area contributed by atoms with Gasteiger partial charge in [0.2, 0.25) is 5.89 Å². The van der Waals surface area contributed by atoms with Crippen molar-refractivity contribution in [3.63, 3.8) is 0 Å². The van der Waals surface area contributed by atoms with Gasteiger partial charge in [-0.3, -0.25) is 0 Å². The molecule has 4 aromatic heterocycles. The summed E-state index contributed by atoms with van der Waals surface area (Å²) >= 11 is 4.57. The number of nitrogens with zero attached hydrogens (tertiary/aromatic N) is 2. The van der Waals surface area contributed by atoms with Crippen molar-refractivity contribution >= 4 is 40.0 Å². The first-order valence-corrected chi connectivity index (χ1v) is 10.1. The van der Waals surface area contributed by atoms with E-state index in [2.05, 4.69) is 9.97 Å². The molecule has 0 atom stereocenters. The first kappa shape index (κ1) is 16.2. The number of carbonyl (C=O) groups is 1. The summed E-state index contributed by atoms with van der Waals surface area (Å²) in [5, 5.41) is 8.46. The molecule has 25 heavy (non-hydrogen) atoms. The molecule has 8 heteroatoms. The molecule has 0 aliphatic carbocycles. The number of hydrogen-bond acceptors (Lipinski definition) is 8.